The lowest BCUT2D eigenvalue weighted by atomic mass is 10.00. The highest BCUT2D eigenvalue weighted by Crippen LogP contribution is 2.33. The van der Waals surface area contributed by atoms with Crippen molar-refractivity contribution in [1.82, 2.24) is 29.5 Å². The van der Waals surface area contributed by atoms with Crippen molar-refractivity contribution >= 4 is 46.4 Å². The zero-order chi connectivity index (χ0) is 34.1. The van der Waals surface area contributed by atoms with Gasteiger partial charge in [0.2, 0.25) is 0 Å². The molecule has 0 bridgehead atoms. The Balaban J connectivity index is 0.000000250. The van der Waals surface area contributed by atoms with Crippen molar-refractivity contribution < 1.29 is 44.6 Å². The molecule has 8 nitrogen and oxygen atoms in total. The van der Waals surface area contributed by atoms with E-state index in [9.17, 15) is 35.1 Å². The number of nitrogens with zero attached hydrogens (tertiary/aromatic N) is 6. The summed E-state index contributed by atoms with van der Waals surface area (Å²) >= 11 is 23.7. The van der Waals surface area contributed by atoms with Gasteiger partial charge < -0.3 is 9.47 Å². The lowest BCUT2D eigenvalue weighted by Gasteiger charge is -2.22. The van der Waals surface area contributed by atoms with E-state index in [1.807, 2.05) is 0 Å². The minimum absolute atomic E-state index is 0.0701. The van der Waals surface area contributed by atoms with Crippen molar-refractivity contribution in [2.45, 2.75) is 50.0 Å². The van der Waals surface area contributed by atoms with Crippen LogP contribution in [0, 0.1) is 0 Å². The lowest BCUT2D eigenvalue weighted by molar-refractivity contribution is -0.302. The first kappa shape index (κ1) is 37.7. The van der Waals surface area contributed by atoms with Crippen LogP contribution in [0.4, 0.5) is 35.1 Å². The Morgan fingerprint density at radius 2 is 1.00 bits per heavy atom. The summed E-state index contributed by atoms with van der Waals surface area (Å²) in [5, 5.41) is 8.85. The van der Waals surface area contributed by atoms with Crippen LogP contribution in [0.15, 0.2) is 61.7 Å². The number of hydrogen-bond donors (Lipinski definition) is 0. The van der Waals surface area contributed by atoms with Crippen molar-refractivity contribution in [2.75, 3.05) is 13.2 Å². The lowest BCUT2D eigenvalue weighted by Crippen LogP contribution is -2.32. The second-order valence-corrected chi connectivity index (χ2v) is 11.0. The SMILES string of the molecule is FC(F)C(F)(F)OCC(Cn1cncn1)c1ccc(Cl)cc1Cl.FC(F)C(F)(F)OCC(Cn1cncn1)c1ccc(Cl)cc1Cl. The summed E-state index contributed by atoms with van der Waals surface area (Å²) in [4.78, 5) is 7.46. The fourth-order valence-corrected chi connectivity index (χ4v) is 4.93. The van der Waals surface area contributed by atoms with Crippen LogP contribution in [0.25, 0.3) is 0 Å². The number of benzene rings is 2. The first-order chi connectivity index (χ1) is 21.6. The van der Waals surface area contributed by atoms with Crippen molar-refractivity contribution in [2.24, 2.45) is 0 Å². The molecule has 2 aromatic carbocycles. The van der Waals surface area contributed by atoms with Gasteiger partial charge in [0.25, 0.3) is 0 Å². The Morgan fingerprint density at radius 3 is 1.28 bits per heavy atom. The molecule has 0 amide bonds. The van der Waals surface area contributed by atoms with E-state index in [-0.39, 0.29) is 23.1 Å². The van der Waals surface area contributed by atoms with Crippen LogP contribution in [0.5, 0.6) is 0 Å². The summed E-state index contributed by atoms with van der Waals surface area (Å²) in [6, 6.07) is 8.94. The van der Waals surface area contributed by atoms with Crippen LogP contribution >= 0.6 is 46.4 Å². The van der Waals surface area contributed by atoms with Gasteiger partial charge in [-0.15, -0.1) is 0 Å². The molecular formula is C26H22Cl4F8N6O2. The van der Waals surface area contributed by atoms with Gasteiger partial charge in [-0.05, 0) is 35.4 Å². The molecule has 20 heteroatoms. The van der Waals surface area contributed by atoms with Gasteiger partial charge in [0.05, 0.1) is 26.3 Å². The van der Waals surface area contributed by atoms with E-state index in [1.54, 1.807) is 0 Å². The molecule has 0 N–H and O–H groups in total. The standard InChI is InChI=1S/2C13H11Cl2F4N3O/c2*14-9-1-2-10(11(15)3-9)8(4-22-7-20-6-21-22)5-23-13(18,19)12(16)17/h2*1-3,6-8,12H,4-5H2. The molecule has 252 valence electrons. The molecule has 0 aliphatic carbocycles. The average molecular weight is 744 g/mol. The summed E-state index contributed by atoms with van der Waals surface area (Å²) in [5.41, 5.74) is 0.855. The molecule has 0 saturated carbocycles. The van der Waals surface area contributed by atoms with Gasteiger partial charge in [0, 0.05) is 31.9 Å². The van der Waals surface area contributed by atoms with Crippen LogP contribution in [-0.4, -0.2) is 67.8 Å². The number of alkyl halides is 8. The summed E-state index contributed by atoms with van der Waals surface area (Å²) in [6.45, 7) is -1.22. The predicted octanol–water partition coefficient (Wildman–Crippen LogP) is 8.49. The number of rotatable bonds is 14. The third kappa shape index (κ3) is 11.2. The van der Waals surface area contributed by atoms with Gasteiger partial charge in [-0.3, -0.25) is 9.36 Å². The molecule has 0 fully saturated rings. The monoisotopic (exact) mass is 742 g/mol. The highest BCUT2D eigenvalue weighted by atomic mass is 35.5. The van der Waals surface area contributed by atoms with Gasteiger partial charge in [-0.2, -0.15) is 27.8 Å². The fraction of sp³-hybridized carbons (Fsp3) is 0.385. The van der Waals surface area contributed by atoms with E-state index in [0.717, 1.165) is 0 Å². The van der Waals surface area contributed by atoms with Crippen molar-refractivity contribution in [3.05, 3.63) is 92.9 Å². The van der Waals surface area contributed by atoms with E-state index in [0.29, 0.717) is 21.2 Å². The Bertz CT molecular complexity index is 1390. The first-order valence-electron chi connectivity index (χ1n) is 12.7. The summed E-state index contributed by atoms with van der Waals surface area (Å²) < 4.78 is 112. The van der Waals surface area contributed by atoms with E-state index < -0.39 is 50.1 Å². The molecule has 46 heavy (non-hydrogen) atoms. The van der Waals surface area contributed by atoms with Crippen molar-refractivity contribution in [3.63, 3.8) is 0 Å². The van der Waals surface area contributed by atoms with Gasteiger partial charge >= 0.3 is 25.1 Å². The van der Waals surface area contributed by atoms with Crippen molar-refractivity contribution in [3.8, 4) is 0 Å². The highest BCUT2D eigenvalue weighted by Gasteiger charge is 2.44. The second-order valence-electron chi connectivity index (χ2n) is 9.31. The Hall–Kier alpha value is -2.76. The van der Waals surface area contributed by atoms with Gasteiger partial charge in [-0.25, -0.2) is 27.5 Å². The largest absolute Gasteiger partial charge is 0.416 e. The average Bonchev–Trinajstić information content (AvgIpc) is 3.69. The smallest absolute Gasteiger partial charge is 0.315 e. The molecule has 0 saturated heterocycles. The normalized spacial score (nSPS) is 13.5. The van der Waals surface area contributed by atoms with E-state index in [2.05, 4.69) is 29.6 Å². The summed E-state index contributed by atoms with van der Waals surface area (Å²) in [6.07, 6.45) is -11.7. The van der Waals surface area contributed by atoms with Crippen LogP contribution in [-0.2, 0) is 22.6 Å². The molecule has 2 atom stereocenters. The fourth-order valence-electron chi connectivity index (χ4n) is 3.80. The topological polar surface area (TPSA) is 79.9 Å². The van der Waals surface area contributed by atoms with E-state index in [1.165, 1.54) is 71.1 Å². The molecule has 2 aromatic heterocycles. The number of hydrogen-bond acceptors (Lipinski definition) is 6. The summed E-state index contributed by atoms with van der Waals surface area (Å²) in [7, 11) is 0. The van der Waals surface area contributed by atoms with Crippen LogP contribution < -0.4 is 0 Å². The minimum Gasteiger partial charge on any atom is -0.315 e. The molecule has 0 aliphatic heterocycles. The quantitative estimate of drug-likeness (QED) is 0.121. The molecular weight excluding hydrogens is 722 g/mol. The Morgan fingerprint density at radius 1 is 0.630 bits per heavy atom. The number of aromatic nitrogens is 6. The zero-order valence-electron chi connectivity index (χ0n) is 22.9. The maximum Gasteiger partial charge on any atom is 0.416 e. The first-order valence-corrected chi connectivity index (χ1v) is 14.2. The predicted molar refractivity (Wildman–Crippen MR) is 152 cm³/mol. The Kier molecular flexibility index (Phi) is 13.8. The molecule has 2 unspecified atom stereocenters. The second kappa shape index (κ2) is 16.9. The zero-order valence-corrected chi connectivity index (χ0v) is 26.0. The molecule has 4 rings (SSSR count). The van der Waals surface area contributed by atoms with Crippen molar-refractivity contribution in [1.29, 1.82) is 0 Å². The van der Waals surface area contributed by atoms with Crippen LogP contribution in [0.3, 0.4) is 0 Å². The number of halogens is 12. The molecule has 2 heterocycles. The van der Waals surface area contributed by atoms with Crippen LogP contribution in [0.1, 0.15) is 23.0 Å². The maximum atomic E-state index is 13.0. The van der Waals surface area contributed by atoms with Gasteiger partial charge in [0.1, 0.15) is 25.3 Å². The van der Waals surface area contributed by atoms with Gasteiger partial charge in [-0.1, -0.05) is 58.5 Å². The number of ether oxygens (including phenoxy) is 2. The summed E-state index contributed by atoms with van der Waals surface area (Å²) in [5.74, 6) is -1.49. The Labute approximate surface area is 276 Å². The third-order valence-corrected chi connectivity index (χ3v) is 7.14. The molecule has 0 aliphatic rings. The molecule has 0 spiro atoms. The highest BCUT2D eigenvalue weighted by molar-refractivity contribution is 6.35. The molecule has 0 radical (unpaired) electrons. The molecule has 4 aromatic rings. The third-order valence-electron chi connectivity index (χ3n) is 6.01. The van der Waals surface area contributed by atoms with Crippen LogP contribution in [0.2, 0.25) is 20.1 Å². The van der Waals surface area contributed by atoms with E-state index in [4.69, 9.17) is 46.4 Å². The maximum absolute atomic E-state index is 13.0. The van der Waals surface area contributed by atoms with Gasteiger partial charge in [0.15, 0.2) is 0 Å². The minimum atomic E-state index is -4.54. The van der Waals surface area contributed by atoms with E-state index >= 15 is 0 Å².